The van der Waals surface area contributed by atoms with E-state index in [1.807, 2.05) is 13.8 Å². The Kier molecular flexibility index (Phi) is 3.33. The minimum atomic E-state index is -0.661. The predicted molar refractivity (Wildman–Crippen MR) is 69.7 cm³/mol. The Hall–Kier alpha value is -1.51. The molecule has 0 amide bonds. The topological polar surface area (TPSA) is 57.5 Å². The van der Waals surface area contributed by atoms with Crippen molar-refractivity contribution in [1.82, 2.24) is 0 Å². The molecule has 1 saturated carbocycles. The van der Waals surface area contributed by atoms with E-state index in [0.29, 0.717) is 17.6 Å². The standard InChI is InChI=1S/C15H20O3/c1-8-4-11(16)5-9(2)12(8)6-10(3)13-7-14(13)15(17)18/h4-5,10,13-14,16H,6-7H2,1-3H3,(H,17,18). The van der Waals surface area contributed by atoms with Crippen LogP contribution in [0, 0.1) is 31.6 Å². The monoisotopic (exact) mass is 248 g/mol. The number of phenolic OH excluding ortho intramolecular Hbond substituents is 1. The zero-order chi connectivity index (χ0) is 13.4. The lowest BCUT2D eigenvalue weighted by Crippen LogP contribution is -2.09. The van der Waals surface area contributed by atoms with Crippen LogP contribution in [0.3, 0.4) is 0 Å². The second kappa shape index (κ2) is 4.63. The number of carboxylic acids is 1. The second-order valence-electron chi connectivity index (χ2n) is 5.58. The van der Waals surface area contributed by atoms with Crippen LogP contribution in [0.1, 0.15) is 30.0 Å². The molecule has 0 bridgehead atoms. The van der Waals surface area contributed by atoms with Gasteiger partial charge in [0.25, 0.3) is 0 Å². The fourth-order valence-corrected chi connectivity index (χ4v) is 2.89. The number of carboxylic acid groups (broad SMARTS) is 1. The van der Waals surface area contributed by atoms with Crippen molar-refractivity contribution in [1.29, 1.82) is 0 Å². The fourth-order valence-electron chi connectivity index (χ4n) is 2.89. The number of phenols is 1. The summed E-state index contributed by atoms with van der Waals surface area (Å²) in [5.74, 6) is 0.197. The highest BCUT2D eigenvalue weighted by molar-refractivity contribution is 5.73. The molecule has 1 aliphatic carbocycles. The molecule has 2 N–H and O–H groups in total. The summed E-state index contributed by atoms with van der Waals surface area (Å²) in [4.78, 5) is 10.9. The third-order valence-corrected chi connectivity index (χ3v) is 4.09. The Bertz CT molecular complexity index is 456. The largest absolute Gasteiger partial charge is 0.508 e. The average molecular weight is 248 g/mol. The number of rotatable bonds is 4. The van der Waals surface area contributed by atoms with E-state index in [1.165, 1.54) is 5.56 Å². The van der Waals surface area contributed by atoms with Gasteiger partial charge in [-0.3, -0.25) is 4.79 Å². The lowest BCUT2D eigenvalue weighted by atomic mass is 9.90. The Morgan fingerprint density at radius 1 is 1.39 bits per heavy atom. The SMILES string of the molecule is Cc1cc(O)cc(C)c1CC(C)C1CC1C(=O)O. The van der Waals surface area contributed by atoms with Gasteiger partial charge in [0.1, 0.15) is 5.75 Å². The van der Waals surface area contributed by atoms with E-state index in [9.17, 15) is 9.90 Å². The molecule has 1 fully saturated rings. The zero-order valence-corrected chi connectivity index (χ0v) is 11.1. The third-order valence-electron chi connectivity index (χ3n) is 4.09. The van der Waals surface area contributed by atoms with E-state index in [-0.39, 0.29) is 5.92 Å². The quantitative estimate of drug-likeness (QED) is 0.861. The molecular weight excluding hydrogens is 228 g/mol. The van der Waals surface area contributed by atoms with Crippen molar-refractivity contribution in [3.8, 4) is 5.75 Å². The average Bonchev–Trinajstić information content (AvgIpc) is 3.02. The van der Waals surface area contributed by atoms with Crippen molar-refractivity contribution in [3.63, 3.8) is 0 Å². The molecule has 0 saturated heterocycles. The molecule has 18 heavy (non-hydrogen) atoms. The zero-order valence-electron chi connectivity index (χ0n) is 11.1. The number of hydrogen-bond acceptors (Lipinski definition) is 2. The molecule has 0 aromatic heterocycles. The maximum atomic E-state index is 10.9. The van der Waals surface area contributed by atoms with E-state index in [4.69, 9.17) is 5.11 Å². The van der Waals surface area contributed by atoms with Gasteiger partial charge in [-0.25, -0.2) is 0 Å². The summed E-state index contributed by atoms with van der Waals surface area (Å²) in [6.07, 6.45) is 1.71. The molecular formula is C15H20O3. The first kappa shape index (κ1) is 12.9. The molecule has 3 heteroatoms. The van der Waals surface area contributed by atoms with Gasteiger partial charge in [0.2, 0.25) is 0 Å². The normalized spacial score (nSPS) is 23.7. The van der Waals surface area contributed by atoms with Gasteiger partial charge < -0.3 is 10.2 Å². The number of aliphatic carboxylic acids is 1. The van der Waals surface area contributed by atoms with E-state index in [1.54, 1.807) is 12.1 Å². The Morgan fingerprint density at radius 2 is 1.94 bits per heavy atom. The highest BCUT2D eigenvalue weighted by Crippen LogP contribution is 2.45. The van der Waals surface area contributed by atoms with Crippen molar-refractivity contribution in [2.24, 2.45) is 17.8 Å². The van der Waals surface area contributed by atoms with E-state index in [2.05, 4.69) is 6.92 Å². The van der Waals surface area contributed by atoms with Gasteiger partial charge in [-0.05, 0) is 67.3 Å². The second-order valence-corrected chi connectivity index (χ2v) is 5.58. The van der Waals surface area contributed by atoms with Crippen LogP contribution in [0.5, 0.6) is 5.75 Å². The number of aryl methyl sites for hydroxylation is 2. The highest BCUT2D eigenvalue weighted by atomic mass is 16.4. The van der Waals surface area contributed by atoms with Gasteiger partial charge in [0.05, 0.1) is 5.92 Å². The summed E-state index contributed by atoms with van der Waals surface area (Å²) < 4.78 is 0. The number of hydrogen-bond donors (Lipinski definition) is 2. The van der Waals surface area contributed by atoms with Crippen molar-refractivity contribution >= 4 is 5.97 Å². The summed E-state index contributed by atoms with van der Waals surface area (Å²) in [5.41, 5.74) is 3.43. The number of benzene rings is 1. The number of aromatic hydroxyl groups is 1. The molecule has 3 atom stereocenters. The van der Waals surface area contributed by atoms with Crippen LogP contribution in [0.2, 0.25) is 0 Å². The van der Waals surface area contributed by atoms with Crippen molar-refractivity contribution in [2.45, 2.75) is 33.6 Å². The van der Waals surface area contributed by atoms with Crippen LogP contribution in [0.15, 0.2) is 12.1 Å². The van der Waals surface area contributed by atoms with Crippen molar-refractivity contribution in [2.75, 3.05) is 0 Å². The maximum absolute atomic E-state index is 10.9. The van der Waals surface area contributed by atoms with Gasteiger partial charge in [0, 0.05) is 0 Å². The lowest BCUT2D eigenvalue weighted by Gasteiger charge is -2.15. The Morgan fingerprint density at radius 3 is 2.39 bits per heavy atom. The molecule has 1 aromatic rings. The summed E-state index contributed by atoms with van der Waals surface area (Å²) in [6.45, 7) is 6.12. The Labute approximate surface area is 107 Å². The predicted octanol–water partition coefficient (Wildman–Crippen LogP) is 2.91. The van der Waals surface area contributed by atoms with Crippen LogP contribution in [0.25, 0.3) is 0 Å². The summed E-state index contributed by atoms with van der Waals surface area (Å²) in [7, 11) is 0. The molecule has 0 radical (unpaired) electrons. The smallest absolute Gasteiger partial charge is 0.306 e. The molecule has 0 heterocycles. The van der Waals surface area contributed by atoms with Crippen LogP contribution in [0.4, 0.5) is 0 Å². The molecule has 98 valence electrons. The van der Waals surface area contributed by atoms with Gasteiger partial charge in [-0.1, -0.05) is 6.92 Å². The number of carbonyl (C=O) groups is 1. The fraction of sp³-hybridized carbons (Fsp3) is 0.533. The van der Waals surface area contributed by atoms with Crippen LogP contribution in [-0.2, 0) is 11.2 Å². The maximum Gasteiger partial charge on any atom is 0.306 e. The first-order valence-corrected chi connectivity index (χ1v) is 6.42. The van der Waals surface area contributed by atoms with E-state index >= 15 is 0 Å². The van der Waals surface area contributed by atoms with Gasteiger partial charge in [-0.15, -0.1) is 0 Å². The molecule has 2 rings (SSSR count). The van der Waals surface area contributed by atoms with E-state index in [0.717, 1.165) is 24.0 Å². The van der Waals surface area contributed by atoms with Gasteiger partial charge in [0.15, 0.2) is 0 Å². The van der Waals surface area contributed by atoms with Crippen molar-refractivity contribution in [3.05, 3.63) is 28.8 Å². The van der Waals surface area contributed by atoms with E-state index < -0.39 is 5.97 Å². The van der Waals surface area contributed by atoms with Crippen LogP contribution >= 0.6 is 0 Å². The van der Waals surface area contributed by atoms with Crippen LogP contribution < -0.4 is 0 Å². The summed E-state index contributed by atoms with van der Waals surface area (Å²) in [6, 6.07) is 3.55. The minimum Gasteiger partial charge on any atom is -0.508 e. The Balaban J connectivity index is 2.09. The minimum absolute atomic E-state index is 0.141. The van der Waals surface area contributed by atoms with Crippen molar-refractivity contribution < 1.29 is 15.0 Å². The van der Waals surface area contributed by atoms with Crippen LogP contribution in [-0.4, -0.2) is 16.2 Å². The summed E-state index contributed by atoms with van der Waals surface area (Å²) >= 11 is 0. The molecule has 3 unspecified atom stereocenters. The third kappa shape index (κ3) is 2.50. The first-order chi connectivity index (χ1) is 8.40. The van der Waals surface area contributed by atoms with Gasteiger partial charge >= 0.3 is 5.97 Å². The molecule has 1 aromatic carbocycles. The molecule has 3 nitrogen and oxygen atoms in total. The molecule has 0 aliphatic heterocycles. The summed E-state index contributed by atoms with van der Waals surface area (Å²) in [5, 5.41) is 18.5. The lowest BCUT2D eigenvalue weighted by molar-refractivity contribution is -0.139. The van der Waals surface area contributed by atoms with Gasteiger partial charge in [-0.2, -0.15) is 0 Å². The molecule has 0 spiro atoms. The highest BCUT2D eigenvalue weighted by Gasteiger charge is 2.46. The first-order valence-electron chi connectivity index (χ1n) is 6.42. The molecule has 1 aliphatic rings.